The standard InChI is InChI=1S/C20H19BrN2O5S/c1-12(2)23-29(26,27)13-7-8-17(21)15(9-13)20(25)28-11-19(24)16-10-22-18-6-4-3-5-14(16)18/h3-10,12,22-23H,11H2,1-2H3. The number of benzene rings is 2. The van der Waals surface area contributed by atoms with E-state index in [1.165, 1.54) is 18.2 Å². The van der Waals surface area contributed by atoms with Crippen molar-refractivity contribution < 1.29 is 22.7 Å². The third kappa shape index (κ3) is 4.75. The molecule has 9 heteroatoms. The Morgan fingerprint density at radius 3 is 2.59 bits per heavy atom. The van der Waals surface area contributed by atoms with E-state index >= 15 is 0 Å². The third-order valence-corrected chi connectivity index (χ3v) is 6.43. The molecule has 0 spiro atoms. The van der Waals surface area contributed by atoms with Crippen LogP contribution in [0.1, 0.15) is 34.6 Å². The fraction of sp³-hybridized carbons (Fsp3) is 0.200. The quantitative estimate of drug-likeness (QED) is 0.398. The van der Waals surface area contributed by atoms with E-state index in [-0.39, 0.29) is 22.3 Å². The van der Waals surface area contributed by atoms with Gasteiger partial charge in [-0.15, -0.1) is 0 Å². The van der Waals surface area contributed by atoms with Crippen molar-refractivity contribution in [2.45, 2.75) is 24.8 Å². The van der Waals surface area contributed by atoms with Gasteiger partial charge in [-0.2, -0.15) is 0 Å². The molecule has 0 saturated carbocycles. The van der Waals surface area contributed by atoms with Gasteiger partial charge in [0.1, 0.15) is 0 Å². The van der Waals surface area contributed by atoms with Crippen LogP contribution in [0.4, 0.5) is 0 Å². The van der Waals surface area contributed by atoms with E-state index in [9.17, 15) is 18.0 Å². The molecule has 0 aliphatic rings. The SMILES string of the molecule is CC(C)NS(=O)(=O)c1ccc(Br)c(C(=O)OCC(=O)c2c[nH]c3ccccc23)c1. The van der Waals surface area contributed by atoms with Gasteiger partial charge in [-0.3, -0.25) is 4.79 Å². The van der Waals surface area contributed by atoms with Gasteiger partial charge < -0.3 is 9.72 Å². The van der Waals surface area contributed by atoms with Crippen molar-refractivity contribution in [3.63, 3.8) is 0 Å². The first-order valence-electron chi connectivity index (χ1n) is 8.77. The number of carbonyl (C=O) groups excluding carboxylic acids is 2. The number of fused-ring (bicyclic) bond motifs is 1. The number of ether oxygens (including phenoxy) is 1. The van der Waals surface area contributed by atoms with E-state index in [1.54, 1.807) is 26.1 Å². The van der Waals surface area contributed by atoms with Crippen LogP contribution in [0.15, 0.2) is 58.0 Å². The molecule has 3 rings (SSSR count). The zero-order valence-electron chi connectivity index (χ0n) is 15.7. The van der Waals surface area contributed by atoms with Gasteiger partial charge in [-0.25, -0.2) is 17.9 Å². The monoisotopic (exact) mass is 478 g/mol. The maximum Gasteiger partial charge on any atom is 0.339 e. The lowest BCUT2D eigenvalue weighted by Crippen LogP contribution is -2.30. The number of aromatic amines is 1. The van der Waals surface area contributed by atoms with Gasteiger partial charge in [0.25, 0.3) is 0 Å². The normalized spacial score (nSPS) is 11.7. The van der Waals surface area contributed by atoms with E-state index in [2.05, 4.69) is 25.6 Å². The number of sulfonamides is 1. The van der Waals surface area contributed by atoms with Crippen LogP contribution < -0.4 is 4.72 Å². The second-order valence-electron chi connectivity index (χ2n) is 6.66. The maximum atomic E-state index is 12.5. The van der Waals surface area contributed by atoms with Crippen molar-refractivity contribution in [2.75, 3.05) is 6.61 Å². The van der Waals surface area contributed by atoms with E-state index in [4.69, 9.17) is 4.74 Å². The fourth-order valence-corrected chi connectivity index (χ4v) is 4.48. The summed E-state index contributed by atoms with van der Waals surface area (Å²) in [4.78, 5) is 27.9. The third-order valence-electron chi connectivity index (χ3n) is 4.08. The Morgan fingerprint density at radius 2 is 1.86 bits per heavy atom. The Balaban J connectivity index is 1.77. The number of aromatic nitrogens is 1. The minimum atomic E-state index is -3.77. The molecule has 7 nitrogen and oxygen atoms in total. The summed E-state index contributed by atoms with van der Waals surface area (Å²) < 4.78 is 32.6. The van der Waals surface area contributed by atoms with Crippen molar-refractivity contribution in [1.82, 2.24) is 9.71 Å². The number of esters is 1. The van der Waals surface area contributed by atoms with Gasteiger partial charge in [0.2, 0.25) is 15.8 Å². The summed E-state index contributed by atoms with van der Waals surface area (Å²) in [5.74, 6) is -1.16. The smallest absolute Gasteiger partial charge is 0.339 e. The Bertz CT molecular complexity index is 1180. The molecule has 0 bridgehead atoms. The molecule has 0 amide bonds. The topological polar surface area (TPSA) is 105 Å². The van der Waals surface area contributed by atoms with Gasteiger partial charge >= 0.3 is 5.97 Å². The first kappa shape index (κ1) is 21.2. The lowest BCUT2D eigenvalue weighted by Gasteiger charge is -2.11. The van der Waals surface area contributed by atoms with Gasteiger partial charge in [0, 0.05) is 33.2 Å². The number of nitrogens with one attached hydrogen (secondary N) is 2. The summed E-state index contributed by atoms with van der Waals surface area (Å²) in [6, 6.07) is 11.0. The number of ketones is 1. The van der Waals surface area contributed by atoms with Crippen molar-refractivity contribution in [3.8, 4) is 0 Å². The molecular formula is C20H19BrN2O5S. The Kier molecular flexibility index (Phi) is 6.21. The molecule has 2 aromatic carbocycles. The summed E-state index contributed by atoms with van der Waals surface area (Å²) in [5, 5.41) is 0.739. The van der Waals surface area contributed by atoms with Crippen LogP contribution in [0.5, 0.6) is 0 Å². The van der Waals surface area contributed by atoms with Gasteiger partial charge in [-0.05, 0) is 54.0 Å². The molecule has 152 valence electrons. The summed E-state index contributed by atoms with van der Waals surface area (Å²) in [5.41, 5.74) is 1.24. The molecule has 0 atom stereocenters. The van der Waals surface area contributed by atoms with Crippen molar-refractivity contribution in [2.24, 2.45) is 0 Å². The molecule has 0 unspecified atom stereocenters. The van der Waals surface area contributed by atoms with E-state index in [1.807, 2.05) is 18.2 Å². The Hall–Kier alpha value is -2.49. The van der Waals surface area contributed by atoms with Crippen LogP contribution in [0.2, 0.25) is 0 Å². The van der Waals surface area contributed by atoms with E-state index in [0.717, 1.165) is 10.9 Å². The zero-order valence-corrected chi connectivity index (χ0v) is 18.1. The lowest BCUT2D eigenvalue weighted by atomic mass is 10.1. The molecule has 0 saturated heterocycles. The average molecular weight is 479 g/mol. The van der Waals surface area contributed by atoms with Gasteiger partial charge in [0.15, 0.2) is 6.61 Å². The Labute approximate surface area is 176 Å². The van der Waals surface area contributed by atoms with Crippen LogP contribution >= 0.6 is 15.9 Å². The molecule has 1 heterocycles. The fourth-order valence-electron chi connectivity index (χ4n) is 2.80. The number of hydrogen-bond acceptors (Lipinski definition) is 5. The molecule has 0 aliphatic carbocycles. The number of hydrogen-bond donors (Lipinski definition) is 2. The zero-order chi connectivity index (χ0) is 21.2. The summed E-state index contributed by atoms with van der Waals surface area (Å²) in [7, 11) is -3.77. The van der Waals surface area contributed by atoms with Crippen molar-refractivity contribution in [3.05, 3.63) is 64.3 Å². The minimum absolute atomic E-state index is 0.0170. The lowest BCUT2D eigenvalue weighted by molar-refractivity contribution is 0.0474. The second kappa shape index (κ2) is 8.48. The highest BCUT2D eigenvalue weighted by Crippen LogP contribution is 2.23. The van der Waals surface area contributed by atoms with E-state index < -0.39 is 22.6 Å². The van der Waals surface area contributed by atoms with Crippen molar-refractivity contribution in [1.29, 1.82) is 0 Å². The molecule has 29 heavy (non-hydrogen) atoms. The van der Waals surface area contributed by atoms with Gasteiger partial charge in [-0.1, -0.05) is 18.2 Å². The van der Waals surface area contributed by atoms with Gasteiger partial charge in [0.05, 0.1) is 10.5 Å². The highest BCUT2D eigenvalue weighted by Gasteiger charge is 2.21. The highest BCUT2D eigenvalue weighted by atomic mass is 79.9. The molecular weight excluding hydrogens is 460 g/mol. The molecule has 0 radical (unpaired) electrons. The summed E-state index contributed by atoms with van der Waals surface area (Å²) in [6.45, 7) is 2.93. The van der Waals surface area contributed by atoms with Crippen LogP contribution in [0.3, 0.4) is 0 Å². The number of rotatable bonds is 7. The number of para-hydroxylation sites is 1. The maximum absolute atomic E-state index is 12.5. The van der Waals surface area contributed by atoms with Crippen LogP contribution in [0.25, 0.3) is 10.9 Å². The number of carbonyl (C=O) groups is 2. The summed E-state index contributed by atoms with van der Waals surface area (Å²) in [6.07, 6.45) is 1.57. The molecule has 0 fully saturated rings. The predicted molar refractivity (Wildman–Crippen MR) is 113 cm³/mol. The number of H-pyrrole nitrogens is 1. The van der Waals surface area contributed by atoms with Crippen LogP contribution in [0, 0.1) is 0 Å². The number of Topliss-reactive ketones (excluding diaryl/α,β-unsaturated/α-hetero) is 1. The Morgan fingerprint density at radius 1 is 1.14 bits per heavy atom. The molecule has 2 N–H and O–H groups in total. The first-order chi connectivity index (χ1) is 13.7. The van der Waals surface area contributed by atoms with E-state index in [0.29, 0.717) is 10.0 Å². The van der Waals surface area contributed by atoms with Crippen LogP contribution in [-0.4, -0.2) is 37.8 Å². The van der Waals surface area contributed by atoms with Crippen molar-refractivity contribution >= 4 is 48.6 Å². The largest absolute Gasteiger partial charge is 0.454 e. The second-order valence-corrected chi connectivity index (χ2v) is 9.23. The van der Waals surface area contributed by atoms with Crippen LogP contribution in [-0.2, 0) is 14.8 Å². The minimum Gasteiger partial charge on any atom is -0.454 e. The first-order valence-corrected chi connectivity index (χ1v) is 11.0. The molecule has 1 aromatic heterocycles. The molecule has 0 aliphatic heterocycles. The number of halogens is 1. The highest BCUT2D eigenvalue weighted by molar-refractivity contribution is 9.10. The molecule has 3 aromatic rings. The summed E-state index contributed by atoms with van der Waals surface area (Å²) >= 11 is 3.22. The predicted octanol–water partition coefficient (Wildman–Crippen LogP) is 3.66. The average Bonchev–Trinajstić information content (AvgIpc) is 3.09.